The second-order valence-corrected chi connectivity index (χ2v) is 6.63. The van der Waals surface area contributed by atoms with Gasteiger partial charge < -0.3 is 20.0 Å². The minimum absolute atomic E-state index is 0.0598. The molecule has 0 spiro atoms. The number of oxazole rings is 1. The zero-order valence-electron chi connectivity index (χ0n) is 14.1. The number of halogens is 1. The van der Waals surface area contributed by atoms with Gasteiger partial charge in [0.1, 0.15) is 11.9 Å². The van der Waals surface area contributed by atoms with Crippen LogP contribution >= 0.6 is 0 Å². The minimum Gasteiger partial charge on any atom is -0.423 e. The highest BCUT2D eigenvalue weighted by molar-refractivity contribution is 5.72. The summed E-state index contributed by atoms with van der Waals surface area (Å²) in [4.78, 5) is 19.0. The number of rotatable bonds is 3. The summed E-state index contributed by atoms with van der Waals surface area (Å²) in [5, 5.41) is 9.39. The molecule has 0 bridgehead atoms. The van der Waals surface area contributed by atoms with Crippen LogP contribution in [0.4, 0.5) is 15.1 Å². The lowest BCUT2D eigenvalue weighted by atomic mass is 10.1. The summed E-state index contributed by atoms with van der Waals surface area (Å²) in [6.07, 6.45) is 0.823. The number of piperazine rings is 1. The Hall–Kier alpha value is -3.08. The fourth-order valence-electron chi connectivity index (χ4n) is 3.48. The Kier molecular flexibility index (Phi) is 3.99. The molecule has 0 radical (unpaired) electrons. The molecule has 1 saturated heterocycles. The van der Waals surface area contributed by atoms with Gasteiger partial charge >= 0.3 is 6.03 Å². The molecule has 1 aromatic heterocycles. The molecule has 2 aliphatic rings. The number of urea groups is 1. The molecule has 8 heteroatoms. The summed E-state index contributed by atoms with van der Waals surface area (Å²) < 4.78 is 19.3. The number of nitrogens with two attached hydrogens (primary N) is 1. The van der Waals surface area contributed by atoms with Crippen LogP contribution in [0.5, 0.6) is 0 Å². The molecule has 2 aromatic rings. The van der Waals surface area contributed by atoms with Gasteiger partial charge in [0.2, 0.25) is 17.5 Å². The molecule has 1 saturated carbocycles. The number of aromatic nitrogens is 1. The largest absolute Gasteiger partial charge is 0.423 e. The first kappa shape index (κ1) is 16.4. The van der Waals surface area contributed by atoms with Crippen molar-refractivity contribution in [3.63, 3.8) is 0 Å². The lowest BCUT2D eigenvalue weighted by Gasteiger charge is -2.33. The standard InChI is InChI=1S/C18H18FN5O2/c19-12-3-1-2-11(8-12)13-9-14(13)16-22-15(10-20)17(26-16)23-4-6-24(7-5-23)18(21)25/h1-3,8,13-14H,4-7,9H2,(H2,21,25). The second kappa shape index (κ2) is 6.33. The molecule has 26 heavy (non-hydrogen) atoms. The number of hydrogen-bond donors (Lipinski definition) is 1. The molecule has 2 N–H and O–H groups in total. The highest BCUT2D eigenvalue weighted by Gasteiger charge is 2.44. The zero-order valence-corrected chi connectivity index (χ0v) is 14.1. The van der Waals surface area contributed by atoms with Crippen LogP contribution in [0.3, 0.4) is 0 Å². The topological polar surface area (TPSA) is 99.4 Å². The Morgan fingerprint density at radius 3 is 2.73 bits per heavy atom. The van der Waals surface area contributed by atoms with Gasteiger partial charge in [-0.3, -0.25) is 0 Å². The molecule has 134 valence electrons. The third-order valence-electron chi connectivity index (χ3n) is 4.99. The van der Waals surface area contributed by atoms with E-state index in [2.05, 4.69) is 11.1 Å². The van der Waals surface area contributed by atoms with Gasteiger partial charge in [-0.1, -0.05) is 12.1 Å². The van der Waals surface area contributed by atoms with Gasteiger partial charge in [0.25, 0.3) is 0 Å². The first-order chi connectivity index (χ1) is 12.6. The van der Waals surface area contributed by atoms with E-state index in [0.29, 0.717) is 38.0 Å². The third-order valence-corrected chi connectivity index (χ3v) is 4.99. The van der Waals surface area contributed by atoms with Gasteiger partial charge in [-0.15, -0.1) is 0 Å². The maximum atomic E-state index is 13.4. The van der Waals surface area contributed by atoms with E-state index in [1.807, 2.05) is 11.0 Å². The van der Waals surface area contributed by atoms with Crippen molar-refractivity contribution in [2.75, 3.05) is 31.1 Å². The fourth-order valence-corrected chi connectivity index (χ4v) is 3.48. The Bertz CT molecular complexity index is 882. The van der Waals surface area contributed by atoms with Gasteiger partial charge in [0, 0.05) is 32.1 Å². The molecule has 2 amide bonds. The van der Waals surface area contributed by atoms with Crippen LogP contribution in [0.15, 0.2) is 28.7 Å². The van der Waals surface area contributed by atoms with E-state index in [1.54, 1.807) is 11.0 Å². The normalized spacial score (nSPS) is 22.2. The van der Waals surface area contributed by atoms with Crippen molar-refractivity contribution in [3.05, 3.63) is 47.2 Å². The summed E-state index contributed by atoms with van der Waals surface area (Å²) in [5.41, 5.74) is 6.46. The molecular formula is C18H18FN5O2. The average molecular weight is 355 g/mol. The second-order valence-electron chi connectivity index (χ2n) is 6.63. The van der Waals surface area contributed by atoms with E-state index in [1.165, 1.54) is 12.1 Å². The van der Waals surface area contributed by atoms with E-state index >= 15 is 0 Å². The molecule has 7 nitrogen and oxygen atoms in total. The van der Waals surface area contributed by atoms with E-state index in [0.717, 1.165) is 12.0 Å². The molecule has 2 heterocycles. The number of benzene rings is 1. The molecule has 1 aromatic carbocycles. The number of hydrogen-bond acceptors (Lipinski definition) is 5. The van der Waals surface area contributed by atoms with Crippen molar-refractivity contribution in [2.45, 2.75) is 18.3 Å². The molecule has 4 rings (SSSR count). The fraction of sp³-hybridized carbons (Fsp3) is 0.389. The smallest absolute Gasteiger partial charge is 0.314 e. The van der Waals surface area contributed by atoms with Gasteiger partial charge in [0.05, 0.1) is 0 Å². The quantitative estimate of drug-likeness (QED) is 0.909. The van der Waals surface area contributed by atoms with Crippen molar-refractivity contribution in [2.24, 2.45) is 5.73 Å². The number of nitrogens with zero attached hydrogens (tertiary/aromatic N) is 4. The predicted molar refractivity (Wildman–Crippen MR) is 91.1 cm³/mol. The summed E-state index contributed by atoms with van der Waals surface area (Å²) in [6, 6.07) is 8.18. The number of primary amides is 1. The number of carbonyl (C=O) groups excluding carboxylic acids is 1. The Labute approximate surface area is 149 Å². The maximum Gasteiger partial charge on any atom is 0.314 e. The Morgan fingerprint density at radius 2 is 2.08 bits per heavy atom. The van der Waals surface area contributed by atoms with Crippen LogP contribution < -0.4 is 10.6 Å². The number of anilines is 1. The van der Waals surface area contributed by atoms with Gasteiger partial charge in [-0.2, -0.15) is 5.26 Å². The van der Waals surface area contributed by atoms with Crippen LogP contribution in [-0.2, 0) is 0 Å². The monoisotopic (exact) mass is 355 g/mol. The Morgan fingerprint density at radius 1 is 1.31 bits per heavy atom. The van der Waals surface area contributed by atoms with Gasteiger partial charge in [0.15, 0.2) is 0 Å². The SMILES string of the molecule is N#Cc1nc(C2CC2c2cccc(F)c2)oc1N1CCN(C(N)=O)CC1. The highest BCUT2D eigenvalue weighted by atomic mass is 19.1. The molecule has 1 aliphatic carbocycles. The molecule has 2 atom stereocenters. The molecule has 2 fully saturated rings. The lowest BCUT2D eigenvalue weighted by molar-refractivity contribution is 0.203. The predicted octanol–water partition coefficient (Wildman–Crippen LogP) is 2.16. The van der Waals surface area contributed by atoms with Crippen LogP contribution in [-0.4, -0.2) is 42.1 Å². The van der Waals surface area contributed by atoms with Crippen molar-refractivity contribution < 1.29 is 13.6 Å². The summed E-state index contributed by atoms with van der Waals surface area (Å²) in [7, 11) is 0. The van der Waals surface area contributed by atoms with Crippen LogP contribution in [0.2, 0.25) is 0 Å². The number of amides is 2. The molecule has 2 unspecified atom stereocenters. The van der Waals surface area contributed by atoms with Gasteiger partial charge in [-0.25, -0.2) is 14.2 Å². The zero-order chi connectivity index (χ0) is 18.3. The molecule has 1 aliphatic heterocycles. The van der Waals surface area contributed by atoms with Crippen molar-refractivity contribution in [1.29, 1.82) is 5.26 Å². The van der Waals surface area contributed by atoms with Crippen molar-refractivity contribution in [3.8, 4) is 6.07 Å². The van der Waals surface area contributed by atoms with Crippen molar-refractivity contribution in [1.82, 2.24) is 9.88 Å². The average Bonchev–Trinajstić information content (AvgIpc) is 3.33. The Balaban J connectivity index is 1.50. The highest BCUT2D eigenvalue weighted by Crippen LogP contribution is 2.55. The first-order valence-electron chi connectivity index (χ1n) is 8.52. The summed E-state index contributed by atoms with van der Waals surface area (Å²) in [5.74, 6) is 0.922. The van der Waals surface area contributed by atoms with Gasteiger partial charge in [-0.05, 0) is 30.0 Å². The maximum absolute atomic E-state index is 13.4. The third kappa shape index (κ3) is 2.96. The number of carbonyl (C=O) groups is 1. The van der Waals surface area contributed by atoms with Crippen LogP contribution in [0.25, 0.3) is 0 Å². The minimum atomic E-state index is -0.445. The summed E-state index contributed by atoms with van der Waals surface area (Å²) >= 11 is 0. The van der Waals surface area contributed by atoms with Crippen LogP contribution in [0, 0.1) is 17.1 Å². The van der Waals surface area contributed by atoms with E-state index in [-0.39, 0.29) is 23.3 Å². The lowest BCUT2D eigenvalue weighted by Crippen LogP contribution is -2.50. The summed E-state index contributed by atoms with van der Waals surface area (Å²) in [6.45, 7) is 2.02. The van der Waals surface area contributed by atoms with E-state index in [9.17, 15) is 14.4 Å². The number of nitriles is 1. The van der Waals surface area contributed by atoms with E-state index < -0.39 is 6.03 Å². The van der Waals surface area contributed by atoms with E-state index in [4.69, 9.17) is 10.2 Å². The molecular weight excluding hydrogens is 337 g/mol. The first-order valence-corrected chi connectivity index (χ1v) is 8.52. The van der Waals surface area contributed by atoms with Crippen LogP contribution in [0.1, 0.15) is 35.4 Å². The van der Waals surface area contributed by atoms with Crippen molar-refractivity contribution >= 4 is 11.9 Å².